The number of carbonyl (C=O) groups excluding carboxylic acids is 2. The van der Waals surface area contributed by atoms with Gasteiger partial charge >= 0.3 is 5.97 Å². The Hall–Kier alpha value is -3.48. The average Bonchev–Trinajstić information content (AvgIpc) is 2.98. The quantitative estimate of drug-likeness (QED) is 0.297. The first-order valence-corrected chi connectivity index (χ1v) is 9.72. The normalized spacial score (nSPS) is 18.0. The first kappa shape index (κ1) is 21.2. The van der Waals surface area contributed by atoms with E-state index in [1.165, 1.54) is 23.1 Å². The highest BCUT2D eigenvalue weighted by molar-refractivity contribution is 6.46. The molecule has 0 bridgehead atoms. The van der Waals surface area contributed by atoms with Crippen molar-refractivity contribution in [2.24, 2.45) is 0 Å². The van der Waals surface area contributed by atoms with Crippen molar-refractivity contribution in [3.05, 3.63) is 77.1 Å². The van der Waals surface area contributed by atoms with E-state index in [1.54, 1.807) is 36.4 Å². The van der Waals surface area contributed by atoms with Crippen molar-refractivity contribution in [1.29, 1.82) is 0 Å². The summed E-state index contributed by atoms with van der Waals surface area (Å²) in [5.41, 5.74) is 0.333. The predicted octanol–water partition coefficient (Wildman–Crippen LogP) is 3.89. The Balaban J connectivity index is 1.98. The summed E-state index contributed by atoms with van der Waals surface area (Å²) in [6, 6.07) is 13.1. The highest BCUT2D eigenvalue weighted by atomic mass is 19.1. The van der Waals surface area contributed by atoms with Crippen LogP contribution in [0.25, 0.3) is 5.76 Å². The van der Waals surface area contributed by atoms with Crippen LogP contribution in [0.15, 0.2) is 60.2 Å². The molecular formula is C23H22FNO5. The predicted molar refractivity (Wildman–Crippen MR) is 108 cm³/mol. The highest BCUT2D eigenvalue weighted by Crippen LogP contribution is 2.40. The number of carbonyl (C=O) groups is 3. The van der Waals surface area contributed by atoms with Gasteiger partial charge in [0.2, 0.25) is 0 Å². The lowest BCUT2D eigenvalue weighted by molar-refractivity contribution is -0.140. The van der Waals surface area contributed by atoms with Crippen LogP contribution in [-0.4, -0.2) is 39.3 Å². The van der Waals surface area contributed by atoms with Crippen LogP contribution in [-0.2, 0) is 14.4 Å². The van der Waals surface area contributed by atoms with Gasteiger partial charge in [0.1, 0.15) is 11.6 Å². The van der Waals surface area contributed by atoms with Crippen LogP contribution in [0.1, 0.15) is 42.9 Å². The van der Waals surface area contributed by atoms with E-state index in [9.17, 15) is 23.9 Å². The Bertz CT molecular complexity index is 986. The van der Waals surface area contributed by atoms with Crippen molar-refractivity contribution in [2.45, 2.75) is 31.7 Å². The SMILES string of the molecule is O=C(O)CCCCCN1C(=O)C(=O)/C(=C(/O)c2ccccc2)C1c1ccccc1F. The van der Waals surface area contributed by atoms with E-state index >= 15 is 0 Å². The number of halogens is 1. The Labute approximate surface area is 173 Å². The summed E-state index contributed by atoms with van der Waals surface area (Å²) in [7, 11) is 0. The number of hydrogen-bond donors (Lipinski definition) is 2. The van der Waals surface area contributed by atoms with Crippen molar-refractivity contribution in [3.8, 4) is 0 Å². The highest BCUT2D eigenvalue weighted by Gasteiger charge is 2.46. The number of aliphatic hydroxyl groups excluding tert-OH is 1. The van der Waals surface area contributed by atoms with Gasteiger partial charge < -0.3 is 15.1 Å². The maximum Gasteiger partial charge on any atom is 0.303 e. The third kappa shape index (κ3) is 4.40. The van der Waals surface area contributed by atoms with Crippen LogP contribution in [0, 0.1) is 5.82 Å². The molecule has 1 unspecified atom stereocenters. The van der Waals surface area contributed by atoms with E-state index in [4.69, 9.17) is 5.11 Å². The maximum absolute atomic E-state index is 14.6. The zero-order valence-electron chi connectivity index (χ0n) is 16.3. The van der Waals surface area contributed by atoms with Gasteiger partial charge in [-0.05, 0) is 18.9 Å². The smallest absolute Gasteiger partial charge is 0.303 e. The third-order valence-corrected chi connectivity index (χ3v) is 5.08. The lowest BCUT2D eigenvalue weighted by atomic mass is 9.95. The lowest BCUT2D eigenvalue weighted by Gasteiger charge is -2.25. The number of aliphatic hydroxyl groups is 1. The molecule has 6 nitrogen and oxygen atoms in total. The second-order valence-corrected chi connectivity index (χ2v) is 7.08. The first-order valence-electron chi connectivity index (χ1n) is 9.72. The van der Waals surface area contributed by atoms with E-state index in [0.717, 1.165) is 0 Å². The molecule has 2 aromatic rings. The number of Topliss-reactive ketones (excluding diaryl/α,β-unsaturated/α-hetero) is 1. The van der Waals surface area contributed by atoms with Crippen LogP contribution in [0.4, 0.5) is 4.39 Å². The van der Waals surface area contributed by atoms with Crippen LogP contribution in [0.3, 0.4) is 0 Å². The third-order valence-electron chi connectivity index (χ3n) is 5.08. The molecule has 1 aliphatic heterocycles. The maximum atomic E-state index is 14.6. The number of rotatable bonds is 8. The molecule has 1 heterocycles. The minimum Gasteiger partial charge on any atom is -0.507 e. The fraction of sp³-hybridized carbons (Fsp3) is 0.261. The van der Waals surface area contributed by atoms with E-state index in [1.807, 2.05) is 0 Å². The molecule has 0 saturated carbocycles. The summed E-state index contributed by atoms with van der Waals surface area (Å²) in [5, 5.41) is 19.6. The van der Waals surface area contributed by atoms with E-state index < -0.39 is 29.5 Å². The molecule has 0 aromatic heterocycles. The summed E-state index contributed by atoms with van der Waals surface area (Å²) in [5.74, 6) is -3.51. The van der Waals surface area contributed by atoms with Gasteiger partial charge in [0.15, 0.2) is 0 Å². The van der Waals surface area contributed by atoms with Gasteiger partial charge in [0.25, 0.3) is 11.7 Å². The Morgan fingerprint density at radius 3 is 2.27 bits per heavy atom. The molecule has 2 N–H and O–H groups in total. The summed E-state index contributed by atoms with van der Waals surface area (Å²) in [6.07, 6.45) is 1.45. The zero-order valence-corrected chi connectivity index (χ0v) is 16.3. The number of benzene rings is 2. The standard InChI is InChI=1S/C23H22FNO5/c24-17-12-7-6-11-16(17)20-19(21(28)15-9-3-1-4-10-15)22(29)23(30)25(20)14-8-2-5-13-18(26)27/h1,3-4,6-7,9-12,20,28H,2,5,8,13-14H2,(H,26,27)/b21-19+. The van der Waals surface area contributed by atoms with Crippen LogP contribution < -0.4 is 0 Å². The number of nitrogens with zero attached hydrogens (tertiary/aromatic N) is 1. The van der Waals surface area contributed by atoms with Gasteiger partial charge in [-0.3, -0.25) is 14.4 Å². The molecule has 156 valence electrons. The molecule has 3 rings (SSSR count). The molecule has 0 aliphatic carbocycles. The number of unbranched alkanes of at least 4 members (excludes halogenated alkanes) is 2. The minimum atomic E-state index is -1.05. The molecule has 1 fully saturated rings. The molecule has 0 spiro atoms. The van der Waals surface area contributed by atoms with E-state index in [-0.39, 0.29) is 29.9 Å². The second-order valence-electron chi connectivity index (χ2n) is 7.08. The average molecular weight is 411 g/mol. The van der Waals surface area contributed by atoms with Crippen LogP contribution in [0.2, 0.25) is 0 Å². The summed E-state index contributed by atoms with van der Waals surface area (Å²) in [4.78, 5) is 37.4. The van der Waals surface area contributed by atoms with Crippen LogP contribution >= 0.6 is 0 Å². The Morgan fingerprint density at radius 1 is 0.933 bits per heavy atom. The number of carboxylic acid groups (broad SMARTS) is 1. The molecule has 7 heteroatoms. The van der Waals surface area contributed by atoms with Gasteiger partial charge in [-0.15, -0.1) is 0 Å². The number of amides is 1. The first-order chi connectivity index (χ1) is 14.4. The summed E-state index contributed by atoms with van der Waals surface area (Å²) in [6.45, 7) is 0.148. The molecule has 1 saturated heterocycles. The fourth-order valence-corrected chi connectivity index (χ4v) is 3.62. The van der Waals surface area contributed by atoms with Gasteiger partial charge in [0.05, 0.1) is 11.6 Å². The number of ketones is 1. The van der Waals surface area contributed by atoms with Gasteiger partial charge in [0, 0.05) is 24.1 Å². The zero-order chi connectivity index (χ0) is 21.7. The van der Waals surface area contributed by atoms with Gasteiger partial charge in [-0.25, -0.2) is 4.39 Å². The molecular weight excluding hydrogens is 389 g/mol. The minimum absolute atomic E-state index is 0.0174. The number of likely N-dealkylation sites (tertiary alicyclic amines) is 1. The molecule has 1 amide bonds. The lowest BCUT2D eigenvalue weighted by Crippen LogP contribution is -2.31. The molecule has 1 aliphatic rings. The molecule has 0 radical (unpaired) electrons. The van der Waals surface area contributed by atoms with Gasteiger partial charge in [-0.1, -0.05) is 55.0 Å². The summed E-state index contributed by atoms with van der Waals surface area (Å²) < 4.78 is 14.6. The Morgan fingerprint density at radius 2 is 1.60 bits per heavy atom. The van der Waals surface area contributed by atoms with Crippen molar-refractivity contribution in [3.63, 3.8) is 0 Å². The van der Waals surface area contributed by atoms with Crippen molar-refractivity contribution >= 4 is 23.4 Å². The second kappa shape index (κ2) is 9.35. The Kier molecular flexibility index (Phi) is 6.61. The monoisotopic (exact) mass is 411 g/mol. The number of hydrogen-bond acceptors (Lipinski definition) is 4. The molecule has 30 heavy (non-hydrogen) atoms. The van der Waals surface area contributed by atoms with Crippen LogP contribution in [0.5, 0.6) is 0 Å². The van der Waals surface area contributed by atoms with Crippen molar-refractivity contribution < 1.29 is 29.0 Å². The topological polar surface area (TPSA) is 94.9 Å². The van der Waals surface area contributed by atoms with Crippen molar-refractivity contribution in [1.82, 2.24) is 4.90 Å². The summed E-state index contributed by atoms with van der Waals surface area (Å²) >= 11 is 0. The largest absolute Gasteiger partial charge is 0.507 e. The van der Waals surface area contributed by atoms with E-state index in [2.05, 4.69) is 0 Å². The number of carboxylic acids is 1. The van der Waals surface area contributed by atoms with Gasteiger partial charge in [-0.2, -0.15) is 0 Å². The fourth-order valence-electron chi connectivity index (χ4n) is 3.62. The molecule has 2 aromatic carbocycles. The molecule has 1 atom stereocenters. The van der Waals surface area contributed by atoms with E-state index in [0.29, 0.717) is 24.8 Å². The van der Waals surface area contributed by atoms with Crippen molar-refractivity contribution in [2.75, 3.05) is 6.54 Å². The number of aliphatic carboxylic acids is 1.